The first-order valence-corrected chi connectivity index (χ1v) is 11.1. The van der Waals surface area contributed by atoms with Crippen LogP contribution in [0.5, 0.6) is 0 Å². The van der Waals surface area contributed by atoms with E-state index in [1.54, 1.807) is 0 Å². The van der Waals surface area contributed by atoms with Gasteiger partial charge in [0.15, 0.2) is 5.60 Å². The van der Waals surface area contributed by atoms with Gasteiger partial charge in [0.25, 0.3) is 0 Å². The predicted octanol–water partition coefficient (Wildman–Crippen LogP) is 3.72. The molecule has 3 rings (SSSR count). The van der Waals surface area contributed by atoms with Crippen molar-refractivity contribution in [1.82, 2.24) is 9.99 Å². The molecule has 0 aliphatic rings. The summed E-state index contributed by atoms with van der Waals surface area (Å²) in [5.74, 6) is 3.38. The Labute approximate surface area is 206 Å². The monoisotopic (exact) mass is 522 g/mol. The van der Waals surface area contributed by atoms with E-state index in [0.717, 1.165) is 36.4 Å². The van der Waals surface area contributed by atoms with Crippen LogP contribution in [0.25, 0.3) is 0 Å². The fourth-order valence-corrected chi connectivity index (χ4v) is 4.18. The smallest absolute Gasteiger partial charge is 0.323 e. The number of rotatable bonds is 9. The fraction of sp³-hybridized carbons (Fsp3) is 0.174. The number of thioether (sulfide) groups is 1. The molecular formula is C23H19F5N6OS. The van der Waals surface area contributed by atoms with E-state index in [0.29, 0.717) is 33.7 Å². The van der Waals surface area contributed by atoms with Gasteiger partial charge in [-0.2, -0.15) is 19.1 Å². The molecule has 3 aromatic rings. The van der Waals surface area contributed by atoms with Gasteiger partial charge in [0.2, 0.25) is 0 Å². The number of hydrazine groups is 1. The Bertz CT molecular complexity index is 1300. The molecule has 1 aromatic heterocycles. The summed E-state index contributed by atoms with van der Waals surface area (Å²) in [6.07, 6.45) is 1.82. The van der Waals surface area contributed by atoms with Crippen LogP contribution in [0.2, 0.25) is 0 Å². The lowest BCUT2D eigenvalue weighted by molar-refractivity contribution is -0.203. The maximum Gasteiger partial charge on any atom is 0.323 e. The van der Waals surface area contributed by atoms with E-state index >= 15 is 8.78 Å². The second-order valence-electron chi connectivity index (χ2n) is 7.58. The lowest BCUT2D eigenvalue weighted by Crippen LogP contribution is -2.53. The van der Waals surface area contributed by atoms with E-state index in [4.69, 9.17) is 16.9 Å². The largest absolute Gasteiger partial charge is 0.377 e. The highest BCUT2D eigenvalue weighted by atomic mass is 32.2. The first-order chi connectivity index (χ1) is 17.0. The Balaban J connectivity index is 1.90. The van der Waals surface area contributed by atoms with Gasteiger partial charge in [-0.3, -0.25) is 9.99 Å². The highest BCUT2D eigenvalue weighted by molar-refractivity contribution is 7.98. The van der Waals surface area contributed by atoms with Crippen LogP contribution in [0.15, 0.2) is 64.7 Å². The second kappa shape index (κ2) is 10.9. The van der Waals surface area contributed by atoms with Crippen molar-refractivity contribution in [2.45, 2.75) is 22.2 Å². The van der Waals surface area contributed by atoms with Crippen LogP contribution in [-0.2, 0) is 17.3 Å². The van der Waals surface area contributed by atoms with Crippen LogP contribution in [0, 0.1) is 28.8 Å². The van der Waals surface area contributed by atoms with Crippen molar-refractivity contribution in [3.05, 3.63) is 94.6 Å². The molecule has 0 bridgehead atoms. The number of halogens is 5. The fourth-order valence-electron chi connectivity index (χ4n) is 3.33. The molecule has 1 heterocycles. The summed E-state index contributed by atoms with van der Waals surface area (Å²) >= 11 is 1.09. The van der Waals surface area contributed by atoms with Crippen molar-refractivity contribution in [2.24, 2.45) is 16.8 Å². The molecule has 0 amide bonds. The number of pyridine rings is 1. The molecule has 36 heavy (non-hydrogen) atoms. The van der Waals surface area contributed by atoms with Crippen LogP contribution in [0.1, 0.15) is 22.4 Å². The summed E-state index contributed by atoms with van der Waals surface area (Å²) in [7, 11) is 0. The number of hydrogen-bond donors (Lipinski definition) is 3. The number of nitriles is 1. The van der Waals surface area contributed by atoms with Gasteiger partial charge in [0.1, 0.15) is 29.5 Å². The quantitative estimate of drug-likeness (QED) is 0.0977. The van der Waals surface area contributed by atoms with Gasteiger partial charge in [-0.05, 0) is 42.0 Å². The minimum atomic E-state index is -4.23. The molecular weight excluding hydrogens is 503 g/mol. The summed E-state index contributed by atoms with van der Waals surface area (Å²) in [6.45, 7) is -1.08. The first kappa shape index (κ1) is 26.9. The number of aromatic nitrogens is 1. The molecule has 0 radical (unpaired) electrons. The average molecular weight is 523 g/mol. The van der Waals surface area contributed by atoms with E-state index in [1.807, 2.05) is 6.07 Å². The van der Waals surface area contributed by atoms with Crippen molar-refractivity contribution >= 4 is 18.1 Å². The molecule has 0 fully saturated rings. The molecule has 1 atom stereocenters. The molecule has 7 nitrogen and oxygen atoms in total. The number of benzene rings is 2. The minimum absolute atomic E-state index is 0.125. The molecule has 0 aliphatic heterocycles. The van der Waals surface area contributed by atoms with Crippen molar-refractivity contribution in [2.75, 3.05) is 6.54 Å². The van der Waals surface area contributed by atoms with Gasteiger partial charge >= 0.3 is 5.92 Å². The zero-order valence-electron chi connectivity index (χ0n) is 18.4. The second-order valence-corrected chi connectivity index (χ2v) is 8.63. The molecule has 1 unspecified atom stereocenters. The van der Waals surface area contributed by atoms with Gasteiger partial charge in [0, 0.05) is 28.5 Å². The zero-order valence-corrected chi connectivity index (χ0v) is 19.2. The third-order valence-corrected chi connectivity index (χ3v) is 6.19. The van der Waals surface area contributed by atoms with Crippen molar-refractivity contribution in [3.63, 3.8) is 0 Å². The standard InChI is InChI=1S/C23H19F5N6OS/c24-16-3-5-18(20(26)8-16)22(35,12-34(31)13-33-30)23(27,28)21-6-4-17(10-32-21)36-11-15-2-1-14(9-29)7-19(15)25/h1-8,10,13,35H,11-12,30-31H2/b33-13-. The summed E-state index contributed by atoms with van der Waals surface area (Å²) < 4.78 is 73.3. The van der Waals surface area contributed by atoms with Crippen molar-refractivity contribution in [1.29, 1.82) is 5.26 Å². The average Bonchev–Trinajstić information content (AvgIpc) is 2.83. The molecule has 0 saturated carbocycles. The highest BCUT2D eigenvalue weighted by Gasteiger charge is 2.58. The number of hydrazone groups is 1. The topological polar surface area (TPSA) is 125 Å². The molecule has 13 heteroatoms. The third-order valence-electron chi connectivity index (χ3n) is 5.16. The van der Waals surface area contributed by atoms with Gasteiger partial charge < -0.3 is 10.9 Å². The summed E-state index contributed by atoms with van der Waals surface area (Å²) in [4.78, 5) is 4.12. The number of hydrogen-bond acceptors (Lipinski definition) is 7. The third kappa shape index (κ3) is 5.56. The Kier molecular flexibility index (Phi) is 8.13. The zero-order chi connectivity index (χ0) is 26.5. The maximum absolute atomic E-state index is 15.7. The summed E-state index contributed by atoms with van der Waals surface area (Å²) in [6, 6.07) is 9.74. The van der Waals surface area contributed by atoms with Crippen LogP contribution in [0.4, 0.5) is 22.0 Å². The van der Waals surface area contributed by atoms with E-state index in [1.165, 1.54) is 18.2 Å². The lowest BCUT2D eigenvalue weighted by Gasteiger charge is -2.37. The van der Waals surface area contributed by atoms with Crippen LogP contribution in [-0.4, -0.2) is 28.0 Å². The van der Waals surface area contributed by atoms with Crippen molar-refractivity contribution < 1.29 is 27.1 Å². The molecule has 0 saturated heterocycles. The summed E-state index contributed by atoms with van der Waals surface area (Å²) in [5, 5.41) is 23.5. The van der Waals surface area contributed by atoms with E-state index in [9.17, 15) is 18.3 Å². The Morgan fingerprint density at radius 1 is 1.11 bits per heavy atom. The number of aliphatic hydroxyl groups is 1. The van der Waals surface area contributed by atoms with Crippen LogP contribution >= 0.6 is 11.8 Å². The Hall–Kier alpha value is -3.73. The predicted molar refractivity (Wildman–Crippen MR) is 123 cm³/mol. The normalized spacial score (nSPS) is 13.4. The van der Waals surface area contributed by atoms with Crippen molar-refractivity contribution in [3.8, 4) is 6.07 Å². The van der Waals surface area contributed by atoms with Crippen LogP contribution in [0.3, 0.4) is 0 Å². The van der Waals surface area contributed by atoms with Gasteiger partial charge in [-0.25, -0.2) is 19.0 Å². The van der Waals surface area contributed by atoms with E-state index < -0.39 is 46.8 Å². The highest BCUT2D eigenvalue weighted by Crippen LogP contribution is 2.46. The van der Waals surface area contributed by atoms with E-state index in [-0.39, 0.29) is 11.3 Å². The van der Waals surface area contributed by atoms with Gasteiger partial charge in [-0.1, -0.05) is 6.07 Å². The number of alkyl halides is 2. The molecule has 0 spiro atoms. The molecule has 188 valence electrons. The maximum atomic E-state index is 15.7. The van der Waals surface area contributed by atoms with Crippen LogP contribution < -0.4 is 11.7 Å². The Morgan fingerprint density at radius 3 is 2.44 bits per heavy atom. The van der Waals surface area contributed by atoms with Gasteiger partial charge in [0.05, 0.1) is 18.2 Å². The lowest BCUT2D eigenvalue weighted by atomic mass is 9.84. The first-order valence-electron chi connectivity index (χ1n) is 10.1. The summed E-state index contributed by atoms with van der Waals surface area (Å²) in [5.41, 5.74) is -4.71. The number of nitrogens with two attached hydrogens (primary N) is 2. The molecule has 0 aliphatic carbocycles. The van der Waals surface area contributed by atoms with Gasteiger partial charge in [-0.15, -0.1) is 11.8 Å². The molecule has 5 N–H and O–H groups in total. The number of nitrogens with zero attached hydrogens (tertiary/aromatic N) is 4. The SMILES string of the molecule is N#Cc1ccc(CSc2ccc(C(F)(F)C(O)(CN(N)/C=N\N)c3ccc(F)cc3F)nc2)c(F)c1. The molecule has 2 aromatic carbocycles. The minimum Gasteiger partial charge on any atom is -0.377 e. The Morgan fingerprint density at radius 2 is 1.86 bits per heavy atom. The van der Waals surface area contributed by atoms with E-state index in [2.05, 4.69) is 10.1 Å².